The van der Waals surface area contributed by atoms with Gasteiger partial charge >= 0.3 is 0 Å². The molecule has 1 heterocycles. The molecule has 0 aliphatic rings. The van der Waals surface area contributed by atoms with Gasteiger partial charge in [0.25, 0.3) is 0 Å². The van der Waals surface area contributed by atoms with Gasteiger partial charge in [-0.2, -0.15) is 5.10 Å². The maximum atomic E-state index is 9.74. The van der Waals surface area contributed by atoms with Crippen LogP contribution >= 0.6 is 0 Å². The van der Waals surface area contributed by atoms with Gasteiger partial charge in [-0.15, -0.1) is 0 Å². The molecule has 0 radical (unpaired) electrons. The number of aliphatic hydroxyl groups excluding tert-OH is 1. The molecule has 0 saturated carbocycles. The topological polar surface area (TPSA) is 38.0 Å². The Labute approximate surface area is 73.0 Å². The average molecular weight is 168 g/mol. The van der Waals surface area contributed by atoms with Crippen molar-refractivity contribution in [2.45, 2.75) is 26.9 Å². The van der Waals surface area contributed by atoms with Gasteiger partial charge in [0.05, 0.1) is 11.8 Å². The van der Waals surface area contributed by atoms with Crippen molar-refractivity contribution >= 4 is 0 Å². The van der Waals surface area contributed by atoms with Gasteiger partial charge in [-0.3, -0.25) is 4.68 Å². The predicted molar refractivity (Wildman–Crippen MR) is 47.7 cm³/mol. The molecule has 3 heteroatoms. The Morgan fingerprint density at radius 3 is 2.42 bits per heavy atom. The molecule has 0 fully saturated rings. The summed E-state index contributed by atoms with van der Waals surface area (Å²) in [5.41, 5.74) is 1.85. The van der Waals surface area contributed by atoms with Crippen molar-refractivity contribution < 1.29 is 5.11 Å². The van der Waals surface area contributed by atoms with Crippen LogP contribution in [0.5, 0.6) is 0 Å². The number of hydrogen-bond donors (Lipinski definition) is 1. The van der Waals surface area contributed by atoms with Crippen molar-refractivity contribution in [1.82, 2.24) is 9.78 Å². The highest BCUT2D eigenvalue weighted by atomic mass is 16.3. The van der Waals surface area contributed by atoms with E-state index in [9.17, 15) is 5.11 Å². The van der Waals surface area contributed by atoms with Crippen LogP contribution in [0.15, 0.2) is 6.20 Å². The van der Waals surface area contributed by atoms with Crippen LogP contribution in [0.25, 0.3) is 0 Å². The zero-order chi connectivity index (χ0) is 9.30. The lowest BCUT2D eigenvalue weighted by molar-refractivity contribution is 0.126. The summed E-state index contributed by atoms with van der Waals surface area (Å²) >= 11 is 0. The third kappa shape index (κ3) is 1.67. The fraction of sp³-hybridized carbons (Fsp3) is 0.667. The Morgan fingerprint density at radius 2 is 2.08 bits per heavy atom. The Balaban J connectivity index is 2.94. The maximum Gasteiger partial charge on any atom is 0.0846 e. The van der Waals surface area contributed by atoms with E-state index >= 15 is 0 Å². The van der Waals surface area contributed by atoms with E-state index in [2.05, 4.69) is 5.10 Å². The largest absolute Gasteiger partial charge is 0.388 e. The second-order valence-electron chi connectivity index (χ2n) is 3.53. The molecule has 0 spiro atoms. The van der Waals surface area contributed by atoms with E-state index in [0.717, 1.165) is 11.3 Å². The zero-order valence-electron chi connectivity index (χ0n) is 8.07. The number of rotatable bonds is 2. The molecule has 1 N–H and O–H groups in total. The first-order chi connectivity index (χ1) is 5.52. The second kappa shape index (κ2) is 3.27. The smallest absolute Gasteiger partial charge is 0.0846 e. The number of aliphatic hydroxyl groups is 1. The van der Waals surface area contributed by atoms with Gasteiger partial charge in [-0.25, -0.2) is 0 Å². The standard InChI is InChI=1S/C9H16N2O/c1-6(2)9(12)8-5-11(4)10-7(8)3/h5-6,9,12H,1-4H3. The van der Waals surface area contributed by atoms with Gasteiger partial charge in [0, 0.05) is 18.8 Å². The first kappa shape index (κ1) is 9.26. The summed E-state index contributed by atoms with van der Waals surface area (Å²) in [5.74, 6) is 0.243. The lowest BCUT2D eigenvalue weighted by Crippen LogP contribution is -2.05. The highest BCUT2D eigenvalue weighted by molar-refractivity contribution is 5.18. The summed E-state index contributed by atoms with van der Waals surface area (Å²) in [5, 5.41) is 13.9. The van der Waals surface area contributed by atoms with Crippen LogP contribution in [0.4, 0.5) is 0 Å². The SMILES string of the molecule is Cc1nn(C)cc1C(O)C(C)C. The molecule has 0 saturated heterocycles. The minimum Gasteiger partial charge on any atom is -0.388 e. The van der Waals surface area contributed by atoms with Gasteiger partial charge in [0.2, 0.25) is 0 Å². The number of aryl methyl sites for hydroxylation is 2. The van der Waals surface area contributed by atoms with Crippen molar-refractivity contribution in [2.75, 3.05) is 0 Å². The molecule has 1 unspecified atom stereocenters. The highest BCUT2D eigenvalue weighted by Crippen LogP contribution is 2.22. The van der Waals surface area contributed by atoms with E-state index in [4.69, 9.17) is 0 Å². The monoisotopic (exact) mass is 168 g/mol. The number of nitrogens with zero attached hydrogens (tertiary/aromatic N) is 2. The fourth-order valence-corrected chi connectivity index (χ4v) is 1.27. The van der Waals surface area contributed by atoms with Crippen molar-refractivity contribution in [3.8, 4) is 0 Å². The summed E-state index contributed by atoms with van der Waals surface area (Å²) in [4.78, 5) is 0. The summed E-state index contributed by atoms with van der Waals surface area (Å²) < 4.78 is 1.73. The van der Waals surface area contributed by atoms with E-state index in [1.807, 2.05) is 34.0 Å². The summed E-state index contributed by atoms with van der Waals surface area (Å²) in [6.07, 6.45) is 1.48. The Morgan fingerprint density at radius 1 is 1.50 bits per heavy atom. The minimum absolute atomic E-state index is 0.243. The van der Waals surface area contributed by atoms with E-state index in [1.54, 1.807) is 4.68 Å². The fourth-order valence-electron chi connectivity index (χ4n) is 1.27. The Kier molecular flexibility index (Phi) is 2.52. The van der Waals surface area contributed by atoms with Crippen LogP contribution in [-0.4, -0.2) is 14.9 Å². The molecule has 1 aromatic heterocycles. The molecule has 3 nitrogen and oxygen atoms in total. The predicted octanol–water partition coefficient (Wildman–Crippen LogP) is 1.42. The van der Waals surface area contributed by atoms with E-state index in [0.29, 0.717) is 0 Å². The lowest BCUT2D eigenvalue weighted by atomic mass is 10.0. The Bertz CT molecular complexity index is 265. The molecule has 0 aromatic carbocycles. The molecule has 12 heavy (non-hydrogen) atoms. The number of hydrogen-bond acceptors (Lipinski definition) is 2. The number of aromatic nitrogens is 2. The third-order valence-electron chi connectivity index (χ3n) is 2.00. The van der Waals surface area contributed by atoms with Gasteiger partial charge < -0.3 is 5.11 Å². The molecule has 68 valence electrons. The normalized spacial score (nSPS) is 13.8. The van der Waals surface area contributed by atoms with Gasteiger partial charge in [-0.05, 0) is 12.8 Å². The summed E-state index contributed by atoms with van der Waals surface area (Å²) in [6.45, 7) is 5.91. The van der Waals surface area contributed by atoms with Crippen molar-refractivity contribution in [3.63, 3.8) is 0 Å². The average Bonchev–Trinajstić information content (AvgIpc) is 2.28. The van der Waals surface area contributed by atoms with Crippen molar-refractivity contribution in [2.24, 2.45) is 13.0 Å². The quantitative estimate of drug-likeness (QED) is 0.725. The van der Waals surface area contributed by atoms with Gasteiger partial charge in [0.1, 0.15) is 0 Å². The van der Waals surface area contributed by atoms with Crippen LogP contribution < -0.4 is 0 Å². The van der Waals surface area contributed by atoms with E-state index < -0.39 is 6.10 Å². The molecule has 0 amide bonds. The highest BCUT2D eigenvalue weighted by Gasteiger charge is 2.16. The molecule has 0 aliphatic heterocycles. The van der Waals surface area contributed by atoms with Crippen molar-refractivity contribution in [3.05, 3.63) is 17.5 Å². The molecule has 1 atom stereocenters. The molecular weight excluding hydrogens is 152 g/mol. The molecule has 0 bridgehead atoms. The van der Waals surface area contributed by atoms with Crippen LogP contribution in [0.2, 0.25) is 0 Å². The van der Waals surface area contributed by atoms with Gasteiger partial charge in [0.15, 0.2) is 0 Å². The summed E-state index contributed by atoms with van der Waals surface area (Å²) in [7, 11) is 1.86. The molecule has 1 rings (SSSR count). The lowest BCUT2D eigenvalue weighted by Gasteiger charge is -2.12. The molecule has 0 aliphatic carbocycles. The molecule has 1 aromatic rings. The van der Waals surface area contributed by atoms with Crippen LogP contribution in [0.3, 0.4) is 0 Å². The zero-order valence-corrected chi connectivity index (χ0v) is 8.07. The van der Waals surface area contributed by atoms with E-state index in [-0.39, 0.29) is 5.92 Å². The van der Waals surface area contributed by atoms with Crippen LogP contribution in [0, 0.1) is 12.8 Å². The van der Waals surface area contributed by atoms with Crippen LogP contribution in [-0.2, 0) is 7.05 Å². The minimum atomic E-state index is -0.390. The van der Waals surface area contributed by atoms with Gasteiger partial charge in [-0.1, -0.05) is 13.8 Å². The third-order valence-corrected chi connectivity index (χ3v) is 2.00. The maximum absolute atomic E-state index is 9.74. The van der Waals surface area contributed by atoms with Crippen molar-refractivity contribution in [1.29, 1.82) is 0 Å². The first-order valence-electron chi connectivity index (χ1n) is 4.20. The molecular formula is C9H16N2O. The second-order valence-corrected chi connectivity index (χ2v) is 3.53. The first-order valence-corrected chi connectivity index (χ1v) is 4.20. The Hall–Kier alpha value is -0.830. The van der Waals surface area contributed by atoms with Crippen LogP contribution in [0.1, 0.15) is 31.2 Å². The summed E-state index contributed by atoms with van der Waals surface area (Å²) in [6, 6.07) is 0. The van der Waals surface area contributed by atoms with E-state index in [1.165, 1.54) is 0 Å².